The number of ether oxygens (including phenoxy) is 1. The van der Waals surface area contributed by atoms with Crippen molar-refractivity contribution in [2.24, 2.45) is 10.7 Å². The van der Waals surface area contributed by atoms with Crippen molar-refractivity contribution in [2.75, 3.05) is 38.2 Å². The average molecular weight is 527 g/mol. The Labute approximate surface area is 194 Å². The standard InChI is InChI=1S/C22H27ClN4O.HI/c23-20-7-2-1-6-19(20)21(27-10-12-28-13-11-27)15-25-22(24)26-18-9-8-16-4-3-5-17(16)14-18;/h1-2,6-9,14,21H,3-5,10-13,15H2,(H3,24,25,26);1H. The van der Waals surface area contributed by atoms with E-state index in [-0.39, 0.29) is 30.0 Å². The van der Waals surface area contributed by atoms with Crippen molar-refractivity contribution < 1.29 is 4.74 Å². The Kier molecular flexibility index (Phi) is 8.17. The maximum atomic E-state index is 6.48. The predicted octanol–water partition coefficient (Wildman–Crippen LogP) is 4.25. The number of nitrogens with two attached hydrogens (primary N) is 1. The minimum atomic E-state index is 0. The van der Waals surface area contributed by atoms with E-state index in [0.717, 1.165) is 49.0 Å². The molecule has 1 aliphatic carbocycles. The molecule has 7 heteroatoms. The van der Waals surface area contributed by atoms with Gasteiger partial charge in [-0.3, -0.25) is 9.89 Å². The molecule has 3 N–H and O–H groups in total. The van der Waals surface area contributed by atoms with Crippen molar-refractivity contribution in [3.63, 3.8) is 0 Å². The first-order valence-corrected chi connectivity index (χ1v) is 10.3. The van der Waals surface area contributed by atoms with E-state index in [1.165, 1.54) is 24.0 Å². The molecule has 2 aromatic rings. The number of aryl methyl sites for hydroxylation is 2. The van der Waals surface area contributed by atoms with Crippen molar-refractivity contribution in [2.45, 2.75) is 25.3 Å². The molecule has 0 saturated carbocycles. The molecule has 1 atom stereocenters. The quantitative estimate of drug-likeness (QED) is 0.347. The van der Waals surface area contributed by atoms with Crippen LogP contribution in [0.2, 0.25) is 5.02 Å². The molecule has 1 unspecified atom stereocenters. The summed E-state index contributed by atoms with van der Waals surface area (Å²) in [4.78, 5) is 7.02. The molecule has 0 aromatic heterocycles. The van der Waals surface area contributed by atoms with Crippen LogP contribution in [0.15, 0.2) is 47.5 Å². The zero-order valence-electron chi connectivity index (χ0n) is 16.4. The summed E-state index contributed by atoms with van der Waals surface area (Å²) < 4.78 is 5.51. The zero-order valence-corrected chi connectivity index (χ0v) is 19.5. The van der Waals surface area contributed by atoms with Crippen molar-refractivity contribution in [1.29, 1.82) is 0 Å². The van der Waals surface area contributed by atoms with Gasteiger partial charge in [-0.25, -0.2) is 0 Å². The summed E-state index contributed by atoms with van der Waals surface area (Å²) in [6, 6.07) is 14.5. The van der Waals surface area contributed by atoms with E-state index in [2.05, 4.69) is 39.5 Å². The molecule has 29 heavy (non-hydrogen) atoms. The molecule has 5 nitrogen and oxygen atoms in total. The normalized spacial score (nSPS) is 18.0. The van der Waals surface area contributed by atoms with Crippen molar-refractivity contribution in [1.82, 2.24) is 4.90 Å². The zero-order chi connectivity index (χ0) is 19.3. The third-order valence-electron chi connectivity index (χ3n) is 5.56. The highest BCUT2D eigenvalue weighted by Crippen LogP contribution is 2.29. The summed E-state index contributed by atoms with van der Waals surface area (Å²) in [5, 5.41) is 4.01. The number of aliphatic imine (C=N–C) groups is 1. The Morgan fingerprint density at radius 1 is 1.14 bits per heavy atom. The lowest BCUT2D eigenvalue weighted by Gasteiger charge is -2.34. The second kappa shape index (κ2) is 10.6. The third kappa shape index (κ3) is 5.63. The van der Waals surface area contributed by atoms with Crippen molar-refractivity contribution in [3.8, 4) is 0 Å². The van der Waals surface area contributed by atoms with E-state index >= 15 is 0 Å². The Bertz CT molecular complexity index is 854. The highest BCUT2D eigenvalue weighted by Gasteiger charge is 2.24. The molecule has 0 radical (unpaired) electrons. The summed E-state index contributed by atoms with van der Waals surface area (Å²) in [6.45, 7) is 3.74. The van der Waals surface area contributed by atoms with E-state index in [1.54, 1.807) is 0 Å². The third-order valence-corrected chi connectivity index (χ3v) is 5.90. The molecule has 156 valence electrons. The molecular weight excluding hydrogens is 499 g/mol. The highest BCUT2D eigenvalue weighted by atomic mass is 127. The lowest BCUT2D eigenvalue weighted by Crippen LogP contribution is -2.40. The van der Waals surface area contributed by atoms with Crippen LogP contribution in [0.4, 0.5) is 5.69 Å². The van der Waals surface area contributed by atoms with Gasteiger partial charge in [0.05, 0.1) is 25.8 Å². The Morgan fingerprint density at radius 3 is 2.69 bits per heavy atom. The summed E-state index contributed by atoms with van der Waals surface area (Å²) in [5.41, 5.74) is 11.2. The summed E-state index contributed by atoms with van der Waals surface area (Å²) in [6.07, 6.45) is 3.56. The molecule has 0 spiro atoms. The SMILES string of the molecule is I.NC(=NCC(c1ccccc1Cl)N1CCOCC1)Nc1ccc2c(c1)CCC2. The number of nitrogens with zero attached hydrogens (tertiary/aromatic N) is 2. The minimum Gasteiger partial charge on any atom is -0.379 e. The monoisotopic (exact) mass is 526 g/mol. The fourth-order valence-corrected chi connectivity index (χ4v) is 4.33. The van der Waals surface area contributed by atoms with Gasteiger partial charge in [-0.1, -0.05) is 35.9 Å². The van der Waals surface area contributed by atoms with Gasteiger partial charge >= 0.3 is 0 Å². The molecule has 1 aliphatic heterocycles. The number of rotatable bonds is 5. The number of hydrogen-bond acceptors (Lipinski definition) is 3. The van der Waals surface area contributed by atoms with Gasteiger partial charge in [0, 0.05) is 23.8 Å². The average Bonchev–Trinajstić information content (AvgIpc) is 3.18. The molecule has 0 bridgehead atoms. The number of anilines is 1. The second-order valence-corrected chi connectivity index (χ2v) is 7.78. The fourth-order valence-electron chi connectivity index (χ4n) is 4.07. The van der Waals surface area contributed by atoms with Crippen LogP contribution >= 0.6 is 35.6 Å². The number of halogens is 2. The number of hydrogen-bond donors (Lipinski definition) is 2. The Morgan fingerprint density at radius 2 is 1.90 bits per heavy atom. The molecule has 1 fully saturated rings. The maximum Gasteiger partial charge on any atom is 0.193 e. The number of morpholine rings is 1. The molecule has 1 saturated heterocycles. The first-order valence-electron chi connectivity index (χ1n) is 9.95. The van der Waals surface area contributed by atoms with Crippen molar-refractivity contribution >= 4 is 47.2 Å². The van der Waals surface area contributed by atoms with E-state index in [0.29, 0.717) is 12.5 Å². The second-order valence-electron chi connectivity index (χ2n) is 7.37. The van der Waals surface area contributed by atoms with Gasteiger partial charge in [0.2, 0.25) is 0 Å². The fraction of sp³-hybridized carbons (Fsp3) is 0.409. The molecule has 2 aromatic carbocycles. The lowest BCUT2D eigenvalue weighted by molar-refractivity contribution is 0.0180. The van der Waals surface area contributed by atoms with Crippen LogP contribution in [0, 0.1) is 0 Å². The van der Waals surface area contributed by atoms with Gasteiger partial charge in [-0.2, -0.15) is 0 Å². The van der Waals surface area contributed by atoms with Crippen LogP contribution in [-0.4, -0.2) is 43.7 Å². The maximum absolute atomic E-state index is 6.48. The van der Waals surface area contributed by atoms with Crippen LogP contribution in [-0.2, 0) is 17.6 Å². The molecule has 0 amide bonds. The topological polar surface area (TPSA) is 62.9 Å². The van der Waals surface area contributed by atoms with E-state index < -0.39 is 0 Å². The van der Waals surface area contributed by atoms with Crippen LogP contribution in [0.5, 0.6) is 0 Å². The van der Waals surface area contributed by atoms with E-state index in [1.807, 2.05) is 18.2 Å². The van der Waals surface area contributed by atoms with Crippen molar-refractivity contribution in [3.05, 3.63) is 64.2 Å². The van der Waals surface area contributed by atoms with Crippen LogP contribution in [0.25, 0.3) is 0 Å². The van der Waals surface area contributed by atoms with E-state index in [4.69, 9.17) is 22.1 Å². The highest BCUT2D eigenvalue weighted by molar-refractivity contribution is 14.0. The van der Waals surface area contributed by atoms with Gasteiger partial charge in [0.15, 0.2) is 5.96 Å². The smallest absolute Gasteiger partial charge is 0.193 e. The van der Waals surface area contributed by atoms with Crippen LogP contribution < -0.4 is 11.1 Å². The number of fused-ring (bicyclic) bond motifs is 1. The van der Waals surface area contributed by atoms with Crippen LogP contribution in [0.1, 0.15) is 29.2 Å². The van der Waals surface area contributed by atoms with Gasteiger partial charge in [0.1, 0.15) is 0 Å². The number of guanidine groups is 1. The molecule has 2 aliphatic rings. The largest absolute Gasteiger partial charge is 0.379 e. The molecule has 1 heterocycles. The number of nitrogens with one attached hydrogen (secondary N) is 1. The van der Waals surface area contributed by atoms with Crippen LogP contribution in [0.3, 0.4) is 0 Å². The summed E-state index contributed by atoms with van der Waals surface area (Å²) in [5.74, 6) is 0.434. The number of benzene rings is 2. The van der Waals surface area contributed by atoms with Gasteiger partial charge in [-0.05, 0) is 54.2 Å². The van der Waals surface area contributed by atoms with Gasteiger partial charge in [-0.15, -0.1) is 24.0 Å². The summed E-state index contributed by atoms with van der Waals surface area (Å²) in [7, 11) is 0. The Balaban J connectivity index is 0.00000240. The summed E-state index contributed by atoms with van der Waals surface area (Å²) >= 11 is 6.48. The lowest BCUT2D eigenvalue weighted by atomic mass is 10.0. The Hall–Kier alpha value is -1.35. The first kappa shape index (κ1) is 22.3. The van der Waals surface area contributed by atoms with Gasteiger partial charge in [0.25, 0.3) is 0 Å². The minimum absolute atomic E-state index is 0. The molecule has 4 rings (SSSR count). The van der Waals surface area contributed by atoms with Gasteiger partial charge < -0.3 is 15.8 Å². The van der Waals surface area contributed by atoms with E-state index in [9.17, 15) is 0 Å². The molecular formula is C22H28ClIN4O. The predicted molar refractivity (Wildman–Crippen MR) is 131 cm³/mol. The first-order chi connectivity index (χ1) is 13.7.